The molecule has 2 rings (SSSR count). The minimum atomic E-state index is -1.35. The fourth-order valence-corrected chi connectivity index (χ4v) is 2.13. The molecule has 0 saturated carbocycles. The lowest BCUT2D eigenvalue weighted by Crippen LogP contribution is -2.44. The van der Waals surface area contributed by atoms with Crippen molar-refractivity contribution in [1.82, 2.24) is 20.1 Å². The van der Waals surface area contributed by atoms with Crippen LogP contribution in [-0.2, 0) is 11.3 Å². The molecule has 1 amide bonds. The lowest BCUT2D eigenvalue weighted by Gasteiger charge is -2.21. The van der Waals surface area contributed by atoms with E-state index in [1.165, 1.54) is 6.92 Å². The smallest absolute Gasteiger partial charge is 0.252 e. The maximum absolute atomic E-state index is 12.0. The van der Waals surface area contributed by atoms with Crippen LogP contribution in [0.15, 0.2) is 36.7 Å². The van der Waals surface area contributed by atoms with Gasteiger partial charge in [-0.3, -0.25) is 9.36 Å². The number of nitrogens with one attached hydrogen (secondary N) is 1. The Morgan fingerprint density at radius 1 is 1.38 bits per heavy atom. The second kappa shape index (κ2) is 6.49. The van der Waals surface area contributed by atoms with Gasteiger partial charge < -0.3 is 10.4 Å². The highest BCUT2D eigenvalue weighted by Gasteiger charge is 2.28. The third-order valence-corrected chi connectivity index (χ3v) is 3.29. The standard InChI is InChI=1S/C15H20N4O2/c1-3-9-15(2,21)14(20)16-10-13-18-17-11-19(13)12-7-5-4-6-8-12/h4-8,11,21H,3,9-10H2,1-2H3,(H,16,20). The summed E-state index contributed by atoms with van der Waals surface area (Å²) in [4.78, 5) is 12.0. The molecule has 0 aliphatic rings. The first-order valence-electron chi connectivity index (χ1n) is 6.99. The zero-order valence-corrected chi connectivity index (χ0v) is 12.3. The Balaban J connectivity index is 2.06. The van der Waals surface area contributed by atoms with Crippen molar-refractivity contribution in [3.8, 4) is 5.69 Å². The van der Waals surface area contributed by atoms with Crippen LogP contribution in [0.4, 0.5) is 0 Å². The first kappa shape index (κ1) is 15.2. The molecular formula is C15H20N4O2. The number of hydrogen-bond acceptors (Lipinski definition) is 4. The monoisotopic (exact) mass is 288 g/mol. The number of carbonyl (C=O) groups excluding carboxylic acids is 1. The maximum atomic E-state index is 12.0. The van der Waals surface area contributed by atoms with Gasteiger partial charge in [-0.05, 0) is 25.5 Å². The van der Waals surface area contributed by atoms with Crippen LogP contribution in [0.25, 0.3) is 5.69 Å². The van der Waals surface area contributed by atoms with E-state index in [2.05, 4.69) is 15.5 Å². The van der Waals surface area contributed by atoms with Crippen LogP contribution in [0, 0.1) is 0 Å². The average molecular weight is 288 g/mol. The van der Waals surface area contributed by atoms with Gasteiger partial charge in [-0.15, -0.1) is 10.2 Å². The molecular weight excluding hydrogens is 268 g/mol. The quantitative estimate of drug-likeness (QED) is 0.843. The fourth-order valence-electron chi connectivity index (χ4n) is 2.13. The molecule has 0 radical (unpaired) electrons. The summed E-state index contributed by atoms with van der Waals surface area (Å²) in [7, 11) is 0. The van der Waals surface area contributed by atoms with Crippen molar-refractivity contribution in [1.29, 1.82) is 0 Å². The van der Waals surface area contributed by atoms with Crippen molar-refractivity contribution in [2.24, 2.45) is 0 Å². The van der Waals surface area contributed by atoms with E-state index < -0.39 is 11.5 Å². The van der Waals surface area contributed by atoms with Crippen molar-refractivity contribution in [3.63, 3.8) is 0 Å². The van der Waals surface area contributed by atoms with E-state index >= 15 is 0 Å². The molecule has 2 aromatic rings. The van der Waals surface area contributed by atoms with Gasteiger partial charge in [0.15, 0.2) is 5.82 Å². The van der Waals surface area contributed by atoms with Gasteiger partial charge in [0.05, 0.1) is 6.54 Å². The van der Waals surface area contributed by atoms with Crippen LogP contribution in [0.5, 0.6) is 0 Å². The number of hydrogen-bond donors (Lipinski definition) is 2. The molecule has 1 heterocycles. The second-order valence-corrected chi connectivity index (χ2v) is 5.16. The lowest BCUT2D eigenvalue weighted by molar-refractivity contribution is -0.138. The number of para-hydroxylation sites is 1. The fraction of sp³-hybridized carbons (Fsp3) is 0.400. The Bertz CT molecular complexity index is 593. The van der Waals surface area contributed by atoms with Gasteiger partial charge in [-0.25, -0.2) is 0 Å². The van der Waals surface area contributed by atoms with E-state index in [9.17, 15) is 9.90 Å². The summed E-state index contributed by atoms with van der Waals surface area (Å²) in [5, 5.41) is 20.6. The van der Waals surface area contributed by atoms with Crippen molar-refractivity contribution in [2.45, 2.75) is 38.8 Å². The molecule has 1 unspecified atom stereocenters. The molecule has 0 fully saturated rings. The van der Waals surface area contributed by atoms with Crippen LogP contribution >= 0.6 is 0 Å². The van der Waals surface area contributed by atoms with Gasteiger partial charge in [0.25, 0.3) is 5.91 Å². The van der Waals surface area contributed by atoms with Crippen LogP contribution in [0.3, 0.4) is 0 Å². The molecule has 2 N–H and O–H groups in total. The molecule has 0 saturated heterocycles. The van der Waals surface area contributed by atoms with Gasteiger partial charge in [0.2, 0.25) is 0 Å². The Labute approximate surface area is 123 Å². The molecule has 6 heteroatoms. The molecule has 21 heavy (non-hydrogen) atoms. The van der Waals surface area contributed by atoms with Crippen LogP contribution in [-0.4, -0.2) is 31.4 Å². The van der Waals surface area contributed by atoms with Crippen molar-refractivity contribution in [2.75, 3.05) is 0 Å². The lowest BCUT2D eigenvalue weighted by atomic mass is 10.00. The number of carbonyl (C=O) groups is 1. The first-order valence-corrected chi connectivity index (χ1v) is 6.99. The third-order valence-electron chi connectivity index (χ3n) is 3.29. The maximum Gasteiger partial charge on any atom is 0.252 e. The average Bonchev–Trinajstić information content (AvgIpc) is 2.94. The van der Waals surface area contributed by atoms with Crippen molar-refractivity contribution < 1.29 is 9.90 Å². The largest absolute Gasteiger partial charge is 0.380 e. The van der Waals surface area contributed by atoms with Gasteiger partial charge in [-0.1, -0.05) is 31.5 Å². The summed E-state index contributed by atoms with van der Waals surface area (Å²) in [6, 6.07) is 9.63. The SMILES string of the molecule is CCCC(C)(O)C(=O)NCc1nncn1-c1ccccc1. The number of benzene rings is 1. The Morgan fingerprint density at radius 2 is 2.10 bits per heavy atom. The molecule has 112 valence electrons. The number of rotatable bonds is 6. The van der Waals surface area contributed by atoms with Crippen LogP contribution in [0.1, 0.15) is 32.5 Å². The van der Waals surface area contributed by atoms with Gasteiger partial charge >= 0.3 is 0 Å². The van der Waals surface area contributed by atoms with Crippen LogP contribution < -0.4 is 5.32 Å². The zero-order valence-electron chi connectivity index (χ0n) is 12.3. The molecule has 0 spiro atoms. The minimum absolute atomic E-state index is 0.216. The summed E-state index contributed by atoms with van der Waals surface area (Å²) < 4.78 is 1.80. The number of nitrogens with zero attached hydrogens (tertiary/aromatic N) is 3. The Kier molecular flexibility index (Phi) is 4.70. The van der Waals surface area contributed by atoms with Crippen LogP contribution in [0.2, 0.25) is 0 Å². The Morgan fingerprint density at radius 3 is 2.76 bits per heavy atom. The molecule has 1 aromatic heterocycles. The van der Waals surface area contributed by atoms with E-state index in [4.69, 9.17) is 0 Å². The van der Waals surface area contributed by atoms with Crippen molar-refractivity contribution >= 4 is 5.91 Å². The normalized spacial score (nSPS) is 13.7. The number of aromatic nitrogens is 3. The highest BCUT2D eigenvalue weighted by molar-refractivity contribution is 5.84. The Hall–Kier alpha value is -2.21. The van der Waals surface area contributed by atoms with E-state index in [0.29, 0.717) is 12.2 Å². The topological polar surface area (TPSA) is 80.0 Å². The van der Waals surface area contributed by atoms with Gasteiger partial charge in [0, 0.05) is 5.69 Å². The number of aliphatic hydroxyl groups is 1. The summed E-state index contributed by atoms with van der Waals surface area (Å²) in [6.07, 6.45) is 2.76. The highest BCUT2D eigenvalue weighted by atomic mass is 16.3. The van der Waals surface area contributed by atoms with E-state index in [0.717, 1.165) is 12.1 Å². The second-order valence-electron chi connectivity index (χ2n) is 5.16. The summed E-state index contributed by atoms with van der Waals surface area (Å²) in [5.41, 5.74) is -0.432. The van der Waals surface area contributed by atoms with E-state index in [1.54, 1.807) is 10.9 Å². The first-order chi connectivity index (χ1) is 10.0. The van der Waals surface area contributed by atoms with E-state index in [-0.39, 0.29) is 6.54 Å². The third kappa shape index (κ3) is 3.66. The summed E-state index contributed by atoms with van der Waals surface area (Å²) in [5.74, 6) is 0.216. The van der Waals surface area contributed by atoms with E-state index in [1.807, 2.05) is 37.3 Å². The predicted octanol–water partition coefficient (Wildman–Crippen LogP) is 1.43. The predicted molar refractivity (Wildman–Crippen MR) is 78.7 cm³/mol. The summed E-state index contributed by atoms with van der Waals surface area (Å²) >= 11 is 0. The van der Waals surface area contributed by atoms with Crippen molar-refractivity contribution in [3.05, 3.63) is 42.5 Å². The molecule has 0 bridgehead atoms. The summed E-state index contributed by atoms with van der Waals surface area (Å²) in [6.45, 7) is 3.66. The minimum Gasteiger partial charge on any atom is -0.380 e. The highest BCUT2D eigenvalue weighted by Crippen LogP contribution is 2.13. The number of amides is 1. The molecule has 0 aliphatic heterocycles. The molecule has 0 aliphatic carbocycles. The zero-order chi connectivity index (χ0) is 15.3. The molecule has 6 nitrogen and oxygen atoms in total. The van der Waals surface area contributed by atoms with Gasteiger partial charge in [-0.2, -0.15) is 0 Å². The van der Waals surface area contributed by atoms with Gasteiger partial charge in [0.1, 0.15) is 11.9 Å². The molecule has 1 aromatic carbocycles. The molecule has 1 atom stereocenters.